The number of benzene rings is 1. The number of alkyl halides is 2. The van der Waals surface area contributed by atoms with Gasteiger partial charge in [0.25, 0.3) is 6.43 Å². The highest BCUT2D eigenvalue weighted by molar-refractivity contribution is 5.99. The topological polar surface area (TPSA) is 101 Å². The van der Waals surface area contributed by atoms with Gasteiger partial charge in [0.1, 0.15) is 12.1 Å². The van der Waals surface area contributed by atoms with Gasteiger partial charge in [0.2, 0.25) is 5.95 Å². The van der Waals surface area contributed by atoms with Gasteiger partial charge in [0.15, 0.2) is 0 Å². The fraction of sp³-hybridized carbons (Fsp3) is 0.387. The lowest BCUT2D eigenvalue weighted by molar-refractivity contribution is 0.0144. The number of rotatable bonds is 9. The Morgan fingerprint density at radius 1 is 1.21 bits per heavy atom. The van der Waals surface area contributed by atoms with Gasteiger partial charge in [-0.2, -0.15) is 9.65 Å². The molecule has 1 unspecified atom stereocenters. The Morgan fingerprint density at radius 3 is 2.60 bits per heavy atom. The molecular weight excluding hydrogens is 541 g/mol. The lowest BCUT2D eigenvalue weighted by Crippen LogP contribution is -2.47. The van der Waals surface area contributed by atoms with Crippen molar-refractivity contribution in [3.8, 4) is 18.4 Å². The third-order valence-electron chi connectivity index (χ3n) is 7.36. The average Bonchev–Trinajstić information content (AvgIpc) is 3.65. The molecule has 0 saturated heterocycles. The van der Waals surface area contributed by atoms with E-state index in [1.54, 1.807) is 31.5 Å². The number of hydrogen-bond donors (Lipinski definition) is 4. The predicted molar refractivity (Wildman–Crippen MR) is 156 cm³/mol. The Kier molecular flexibility index (Phi) is 7.89. The zero-order chi connectivity index (χ0) is 30.2. The number of terminal acetylenes is 1. The highest BCUT2D eigenvalue weighted by Gasteiger charge is 2.42. The summed E-state index contributed by atoms with van der Waals surface area (Å²) in [4.78, 5) is 8.47. The summed E-state index contributed by atoms with van der Waals surface area (Å²) in [6.07, 6.45) is 7.94. The summed E-state index contributed by atoms with van der Waals surface area (Å²) in [5.74, 6) is 1.94. The molecule has 1 saturated carbocycles. The third kappa shape index (κ3) is 6.07. The van der Waals surface area contributed by atoms with E-state index in [2.05, 4.69) is 64.3 Å². The van der Waals surface area contributed by atoms with Crippen LogP contribution in [0.15, 0.2) is 42.4 Å². The molecule has 2 aliphatic rings. The van der Waals surface area contributed by atoms with Gasteiger partial charge in [-0.05, 0) is 49.3 Å². The largest absolute Gasteiger partial charge is 0.383 e. The fourth-order valence-corrected chi connectivity index (χ4v) is 5.10. The second-order valence-corrected chi connectivity index (χ2v) is 11.9. The van der Waals surface area contributed by atoms with Crippen LogP contribution < -0.4 is 21.6 Å². The number of fused-ring (bicyclic) bond motifs is 1. The molecule has 5 rings (SSSR count). The fourth-order valence-electron chi connectivity index (χ4n) is 5.10. The molecule has 3 aromatic rings. The molecule has 2 aromatic heterocycles. The van der Waals surface area contributed by atoms with Crippen LogP contribution in [0.1, 0.15) is 62.0 Å². The highest BCUT2D eigenvalue weighted by Crippen LogP contribution is 2.40. The van der Waals surface area contributed by atoms with Crippen molar-refractivity contribution < 1.29 is 13.2 Å². The van der Waals surface area contributed by atoms with Gasteiger partial charge in [0.05, 0.1) is 34.1 Å². The minimum absolute atomic E-state index is 0.0520. The Labute approximate surface area is 243 Å². The summed E-state index contributed by atoms with van der Waals surface area (Å²) < 4.78 is 41.9. The molecule has 11 heteroatoms. The Morgan fingerprint density at radius 2 is 1.98 bits per heavy atom. The molecule has 1 fully saturated rings. The molecule has 0 amide bonds. The normalized spacial score (nSPS) is 16.4. The van der Waals surface area contributed by atoms with Crippen molar-refractivity contribution in [1.29, 1.82) is 5.26 Å². The van der Waals surface area contributed by atoms with Crippen molar-refractivity contribution in [1.82, 2.24) is 25.9 Å². The second-order valence-electron chi connectivity index (χ2n) is 11.9. The zero-order valence-corrected chi connectivity index (χ0v) is 23.9. The number of pyridine rings is 2. The first-order valence-electron chi connectivity index (χ1n) is 13.8. The molecule has 42 heavy (non-hydrogen) atoms. The zero-order valence-electron chi connectivity index (χ0n) is 23.9. The van der Waals surface area contributed by atoms with Crippen molar-refractivity contribution in [3.63, 3.8) is 0 Å². The molecule has 8 nitrogen and oxygen atoms in total. The van der Waals surface area contributed by atoms with E-state index < -0.39 is 24.5 Å². The van der Waals surface area contributed by atoms with Crippen molar-refractivity contribution in [2.75, 3.05) is 17.2 Å². The van der Waals surface area contributed by atoms with Gasteiger partial charge in [-0.25, -0.2) is 13.8 Å². The number of aromatic nitrogens is 2. The van der Waals surface area contributed by atoms with Gasteiger partial charge >= 0.3 is 0 Å². The number of nitrogens with zero attached hydrogens (tertiary/aromatic N) is 4. The van der Waals surface area contributed by atoms with E-state index in [0.29, 0.717) is 56.9 Å². The van der Waals surface area contributed by atoms with E-state index in [4.69, 9.17) is 6.42 Å². The number of hydrazine groups is 2. The molecule has 0 bridgehead atoms. The summed E-state index contributed by atoms with van der Waals surface area (Å²) in [7, 11) is 0. The van der Waals surface area contributed by atoms with E-state index >= 15 is 0 Å². The second kappa shape index (κ2) is 11.4. The Hall–Kier alpha value is -4.48. The van der Waals surface area contributed by atoms with Gasteiger partial charge in [-0.3, -0.25) is 9.99 Å². The minimum atomic E-state index is -2.54. The number of nitrogens with one attached hydrogen (secondary N) is 4. The number of hydrogen-bond acceptors (Lipinski definition) is 8. The van der Waals surface area contributed by atoms with Crippen LogP contribution in [0.5, 0.6) is 0 Å². The van der Waals surface area contributed by atoms with Crippen LogP contribution in [-0.2, 0) is 0 Å². The van der Waals surface area contributed by atoms with E-state index in [1.807, 2.05) is 6.07 Å². The average molecular weight is 575 g/mol. The van der Waals surface area contributed by atoms with E-state index in [9.17, 15) is 18.4 Å². The number of nitriles is 1. The Bertz CT molecular complexity index is 1610. The van der Waals surface area contributed by atoms with Gasteiger partial charge in [0, 0.05) is 41.3 Å². The van der Waals surface area contributed by atoms with Gasteiger partial charge < -0.3 is 16.1 Å². The lowest BCUT2D eigenvalue weighted by Gasteiger charge is -2.26. The molecule has 218 valence electrons. The van der Waals surface area contributed by atoms with E-state index in [-0.39, 0.29) is 11.3 Å². The van der Waals surface area contributed by atoms with Crippen LogP contribution in [0.3, 0.4) is 0 Å². The molecular formula is C31H33F3N8. The summed E-state index contributed by atoms with van der Waals surface area (Å²) >= 11 is 0. The maximum Gasteiger partial charge on any atom is 0.260 e. The molecule has 1 aromatic carbocycles. The third-order valence-corrected chi connectivity index (χ3v) is 7.36. The molecule has 1 aliphatic carbocycles. The lowest BCUT2D eigenvalue weighted by atomic mass is 9.96. The SMILES string of the molecule is C#Cc1cnc2c(C#N)cc(N[C@H](C3=CN(C(C(F)F)C4CC4)NN3)c3ccc(F)nc3C)cc2c1NCC(C)(C)C. The van der Waals surface area contributed by atoms with Crippen molar-refractivity contribution in [3.05, 3.63) is 70.7 Å². The molecule has 4 N–H and O–H groups in total. The van der Waals surface area contributed by atoms with Gasteiger partial charge in [-0.15, -0.1) is 12.0 Å². The summed E-state index contributed by atoms with van der Waals surface area (Å²) in [6, 6.07) is 6.95. The van der Waals surface area contributed by atoms with Crippen LogP contribution in [0.25, 0.3) is 10.9 Å². The molecule has 1 aliphatic heterocycles. The quantitative estimate of drug-likeness (QED) is 0.189. The standard InChI is InChI=1S/C31H33F3N8/c1-6-18-14-36-27-20(13-35)11-21(12-23(27)26(18)37-16-31(3,4)5)39-28(22-9-10-25(32)38-17(22)2)24-15-42(41-40-24)29(30(33)34)19-7-8-19/h1,9-12,14-15,19,28-30,39-41H,7-8,16H2,2-5H3,(H,36,37)/t28-,29?/m0/s1. The maximum absolute atomic E-state index is 14.0. The number of aryl methyl sites for hydroxylation is 1. The van der Waals surface area contributed by atoms with E-state index in [0.717, 1.165) is 12.8 Å². The van der Waals surface area contributed by atoms with Gasteiger partial charge in [-0.1, -0.05) is 32.8 Å². The summed E-state index contributed by atoms with van der Waals surface area (Å²) in [5, 5.41) is 19.0. The Balaban J connectivity index is 1.60. The van der Waals surface area contributed by atoms with E-state index in [1.165, 1.54) is 11.1 Å². The van der Waals surface area contributed by atoms with Crippen LogP contribution in [0.2, 0.25) is 0 Å². The van der Waals surface area contributed by atoms with Crippen molar-refractivity contribution in [2.45, 2.75) is 59.0 Å². The van der Waals surface area contributed by atoms with Crippen molar-refractivity contribution in [2.24, 2.45) is 11.3 Å². The first-order valence-corrected chi connectivity index (χ1v) is 13.8. The smallest absolute Gasteiger partial charge is 0.260 e. The van der Waals surface area contributed by atoms with Crippen LogP contribution >= 0.6 is 0 Å². The molecule has 2 atom stereocenters. The predicted octanol–water partition coefficient (Wildman–Crippen LogP) is 5.75. The monoisotopic (exact) mass is 574 g/mol. The van der Waals surface area contributed by atoms with Crippen LogP contribution in [0, 0.1) is 47.9 Å². The number of anilines is 2. The first kappa shape index (κ1) is 29.0. The first-order chi connectivity index (χ1) is 20.0. The number of halogens is 3. The van der Waals surface area contributed by atoms with Crippen LogP contribution in [-0.4, -0.2) is 34.0 Å². The summed E-state index contributed by atoms with van der Waals surface area (Å²) in [5.41, 5.74) is 10.0. The molecule has 0 radical (unpaired) electrons. The van der Waals surface area contributed by atoms with Crippen molar-refractivity contribution >= 4 is 22.3 Å². The minimum Gasteiger partial charge on any atom is -0.383 e. The molecule has 0 spiro atoms. The maximum atomic E-state index is 14.0. The highest BCUT2D eigenvalue weighted by atomic mass is 19.3. The molecule has 3 heterocycles. The van der Waals surface area contributed by atoms with Crippen LogP contribution in [0.4, 0.5) is 24.5 Å². The summed E-state index contributed by atoms with van der Waals surface area (Å²) in [6.45, 7) is 8.58.